The summed E-state index contributed by atoms with van der Waals surface area (Å²) in [7, 11) is 6.57. The Morgan fingerprint density at radius 1 is 1.17 bits per heavy atom. The van der Waals surface area contributed by atoms with Crippen molar-refractivity contribution in [1.29, 1.82) is 0 Å². The highest BCUT2D eigenvalue weighted by Crippen LogP contribution is 2.32. The number of fused-ring (bicyclic) bond motifs is 1. The van der Waals surface area contributed by atoms with Crippen molar-refractivity contribution in [3.63, 3.8) is 0 Å². The summed E-state index contributed by atoms with van der Waals surface area (Å²) in [5.41, 5.74) is 5.03. The fourth-order valence-corrected chi connectivity index (χ4v) is 3.52. The number of nitrogens with one attached hydrogen (secondary N) is 1. The van der Waals surface area contributed by atoms with E-state index in [2.05, 4.69) is 15.5 Å². The van der Waals surface area contributed by atoms with Crippen LogP contribution in [0.3, 0.4) is 0 Å². The minimum absolute atomic E-state index is 0.186. The van der Waals surface area contributed by atoms with Gasteiger partial charge in [-0.3, -0.25) is 4.79 Å². The molecule has 1 aromatic heterocycles. The highest BCUT2D eigenvalue weighted by Gasteiger charge is 2.12. The number of hydrogen-bond donors (Lipinski definition) is 1. The average molecular weight is 414 g/mol. The van der Waals surface area contributed by atoms with Crippen molar-refractivity contribution < 1.29 is 19.0 Å². The first-order chi connectivity index (χ1) is 14.1. The van der Waals surface area contributed by atoms with E-state index in [9.17, 15) is 4.79 Å². The molecule has 3 aromatic rings. The van der Waals surface area contributed by atoms with E-state index in [1.54, 1.807) is 19.2 Å². The standard InChI is InChI=1S/C20H22N4O4S/c1-24-16-8-6-5-7-15(16)22-20(24)29-12-19(25)23-21-11-14-17(27-3)9-13(26-2)10-18(14)28-4/h5-11H,12H2,1-4H3,(H,23,25)/b21-11+. The van der Waals surface area contributed by atoms with Gasteiger partial charge in [0.25, 0.3) is 5.91 Å². The van der Waals surface area contributed by atoms with Crippen molar-refractivity contribution in [3.8, 4) is 17.2 Å². The molecule has 29 heavy (non-hydrogen) atoms. The Morgan fingerprint density at radius 2 is 1.86 bits per heavy atom. The number of methoxy groups -OCH3 is 3. The van der Waals surface area contributed by atoms with Gasteiger partial charge in [-0.05, 0) is 12.1 Å². The van der Waals surface area contributed by atoms with E-state index in [4.69, 9.17) is 14.2 Å². The number of para-hydroxylation sites is 2. The molecule has 0 aliphatic rings. The second-order valence-corrected chi connectivity index (χ2v) is 6.91. The Balaban J connectivity index is 1.64. The highest BCUT2D eigenvalue weighted by atomic mass is 32.2. The van der Waals surface area contributed by atoms with Crippen LogP contribution in [0.25, 0.3) is 11.0 Å². The van der Waals surface area contributed by atoms with Gasteiger partial charge < -0.3 is 18.8 Å². The van der Waals surface area contributed by atoms with E-state index in [1.807, 2.05) is 35.9 Å². The lowest BCUT2D eigenvalue weighted by Gasteiger charge is -2.12. The van der Waals surface area contributed by atoms with E-state index < -0.39 is 0 Å². The molecule has 0 saturated heterocycles. The number of carbonyl (C=O) groups is 1. The molecule has 0 radical (unpaired) electrons. The molecule has 1 amide bonds. The third-order valence-electron chi connectivity index (χ3n) is 4.21. The molecule has 1 N–H and O–H groups in total. The van der Waals surface area contributed by atoms with Crippen LogP contribution in [0.5, 0.6) is 17.2 Å². The smallest absolute Gasteiger partial charge is 0.250 e. The number of thioether (sulfide) groups is 1. The van der Waals surface area contributed by atoms with Gasteiger partial charge in [-0.1, -0.05) is 23.9 Å². The van der Waals surface area contributed by atoms with Gasteiger partial charge in [0, 0.05) is 19.2 Å². The molecule has 8 nitrogen and oxygen atoms in total. The van der Waals surface area contributed by atoms with Gasteiger partial charge >= 0.3 is 0 Å². The molecule has 0 aliphatic carbocycles. The van der Waals surface area contributed by atoms with Gasteiger partial charge in [0.05, 0.1) is 49.9 Å². The molecule has 1 heterocycles. The Morgan fingerprint density at radius 3 is 2.48 bits per heavy atom. The Kier molecular flexibility index (Phi) is 6.61. The predicted octanol–water partition coefficient (Wildman–Crippen LogP) is 2.84. The normalized spacial score (nSPS) is 11.0. The molecule has 0 fully saturated rings. The van der Waals surface area contributed by atoms with Crippen LogP contribution in [-0.2, 0) is 11.8 Å². The SMILES string of the molecule is COc1cc(OC)c(/C=N/NC(=O)CSc2nc3ccccc3n2C)c(OC)c1. The molecular weight excluding hydrogens is 392 g/mol. The average Bonchev–Trinajstić information content (AvgIpc) is 3.07. The quantitative estimate of drug-likeness (QED) is 0.347. The number of benzene rings is 2. The molecule has 0 bridgehead atoms. The minimum Gasteiger partial charge on any atom is -0.496 e. The number of aryl methyl sites for hydroxylation is 1. The van der Waals surface area contributed by atoms with Crippen LogP contribution in [-0.4, -0.2) is 48.8 Å². The fraction of sp³-hybridized carbons (Fsp3) is 0.250. The third-order valence-corrected chi connectivity index (χ3v) is 5.24. The third kappa shape index (κ3) is 4.62. The number of rotatable bonds is 8. The Labute approximate surface area is 172 Å². The maximum absolute atomic E-state index is 12.2. The molecule has 0 saturated carbocycles. The first kappa shape index (κ1) is 20.5. The van der Waals surface area contributed by atoms with Crippen LogP contribution >= 0.6 is 11.8 Å². The van der Waals surface area contributed by atoms with Crippen LogP contribution < -0.4 is 19.6 Å². The lowest BCUT2D eigenvalue weighted by molar-refractivity contribution is -0.118. The predicted molar refractivity (Wildman–Crippen MR) is 113 cm³/mol. The summed E-state index contributed by atoms with van der Waals surface area (Å²) in [4.78, 5) is 16.7. The van der Waals surface area contributed by atoms with Crippen molar-refractivity contribution in [2.45, 2.75) is 5.16 Å². The summed E-state index contributed by atoms with van der Waals surface area (Å²) in [5, 5.41) is 4.79. The zero-order valence-electron chi connectivity index (χ0n) is 16.6. The van der Waals surface area contributed by atoms with Crippen LogP contribution in [0.4, 0.5) is 0 Å². The lowest BCUT2D eigenvalue weighted by atomic mass is 10.2. The number of ether oxygens (including phenoxy) is 3. The summed E-state index contributed by atoms with van der Waals surface area (Å²) in [6.07, 6.45) is 1.48. The summed E-state index contributed by atoms with van der Waals surface area (Å²) < 4.78 is 17.9. The number of hydrogen-bond acceptors (Lipinski definition) is 7. The van der Waals surface area contributed by atoms with E-state index in [0.717, 1.165) is 16.2 Å². The number of nitrogens with zero attached hydrogens (tertiary/aromatic N) is 3. The number of imidazole rings is 1. The molecule has 0 aliphatic heterocycles. The van der Waals surface area contributed by atoms with Gasteiger partial charge in [-0.15, -0.1) is 0 Å². The second-order valence-electron chi connectivity index (χ2n) is 5.97. The monoisotopic (exact) mass is 414 g/mol. The molecular formula is C20H22N4O4S. The van der Waals surface area contributed by atoms with Crippen molar-refractivity contribution in [1.82, 2.24) is 15.0 Å². The van der Waals surface area contributed by atoms with Crippen molar-refractivity contribution in [2.75, 3.05) is 27.1 Å². The second kappa shape index (κ2) is 9.33. The van der Waals surface area contributed by atoms with Crippen molar-refractivity contribution >= 4 is 34.9 Å². The maximum atomic E-state index is 12.2. The molecule has 2 aromatic carbocycles. The van der Waals surface area contributed by atoms with Crippen LogP contribution in [0.2, 0.25) is 0 Å². The van der Waals surface area contributed by atoms with Crippen LogP contribution in [0, 0.1) is 0 Å². The first-order valence-corrected chi connectivity index (χ1v) is 9.72. The summed E-state index contributed by atoms with van der Waals surface area (Å²) >= 11 is 1.35. The van der Waals surface area contributed by atoms with Gasteiger partial charge in [0.2, 0.25) is 0 Å². The lowest BCUT2D eigenvalue weighted by Crippen LogP contribution is -2.20. The van der Waals surface area contributed by atoms with Crippen LogP contribution in [0.15, 0.2) is 46.7 Å². The van der Waals surface area contributed by atoms with Crippen molar-refractivity contribution in [3.05, 3.63) is 42.0 Å². The summed E-state index contributed by atoms with van der Waals surface area (Å²) in [5.74, 6) is 1.58. The minimum atomic E-state index is -0.246. The van der Waals surface area contributed by atoms with E-state index in [-0.39, 0.29) is 11.7 Å². The van der Waals surface area contributed by atoms with E-state index in [0.29, 0.717) is 22.8 Å². The fourth-order valence-electron chi connectivity index (χ4n) is 2.74. The number of hydrazone groups is 1. The van der Waals surface area contributed by atoms with E-state index >= 15 is 0 Å². The number of amides is 1. The van der Waals surface area contributed by atoms with Gasteiger partial charge in [0.15, 0.2) is 5.16 Å². The van der Waals surface area contributed by atoms with Gasteiger partial charge in [-0.2, -0.15) is 5.10 Å². The van der Waals surface area contributed by atoms with Crippen LogP contribution in [0.1, 0.15) is 5.56 Å². The Bertz CT molecular complexity index is 1020. The molecule has 0 atom stereocenters. The largest absolute Gasteiger partial charge is 0.496 e. The van der Waals surface area contributed by atoms with Gasteiger partial charge in [-0.25, -0.2) is 10.4 Å². The molecule has 0 spiro atoms. The van der Waals surface area contributed by atoms with E-state index in [1.165, 1.54) is 32.2 Å². The maximum Gasteiger partial charge on any atom is 0.250 e. The summed E-state index contributed by atoms with van der Waals surface area (Å²) in [6, 6.07) is 11.3. The molecule has 0 unspecified atom stereocenters. The highest BCUT2D eigenvalue weighted by molar-refractivity contribution is 7.99. The zero-order valence-corrected chi connectivity index (χ0v) is 17.4. The van der Waals surface area contributed by atoms with Gasteiger partial charge in [0.1, 0.15) is 17.2 Å². The Hall–Kier alpha value is -3.20. The topological polar surface area (TPSA) is 87.0 Å². The number of aromatic nitrogens is 2. The molecule has 9 heteroatoms. The zero-order chi connectivity index (χ0) is 20.8. The first-order valence-electron chi connectivity index (χ1n) is 8.73. The summed E-state index contributed by atoms with van der Waals surface area (Å²) in [6.45, 7) is 0. The number of carbonyl (C=O) groups excluding carboxylic acids is 1. The molecule has 152 valence electrons. The molecule has 3 rings (SSSR count). The van der Waals surface area contributed by atoms with Crippen molar-refractivity contribution in [2.24, 2.45) is 12.1 Å².